The van der Waals surface area contributed by atoms with Gasteiger partial charge in [0.15, 0.2) is 9.84 Å². The maximum Gasteiger partial charge on any atom is 0.153 e. The second-order valence-electron chi connectivity index (χ2n) is 4.52. The van der Waals surface area contributed by atoms with Gasteiger partial charge in [-0.15, -0.1) is 11.3 Å². The Hall–Kier alpha value is -0.460. The monoisotopic (exact) mass is 262 g/mol. The number of rotatable bonds is 5. The molecule has 1 heterocycles. The molecule has 0 aliphatic rings. The topological polar surface area (TPSA) is 59.1 Å². The van der Waals surface area contributed by atoms with Crippen molar-refractivity contribution >= 4 is 21.2 Å². The number of thiazole rings is 1. The summed E-state index contributed by atoms with van der Waals surface area (Å²) in [5.41, 5.74) is 1.00. The van der Waals surface area contributed by atoms with Crippen molar-refractivity contribution in [3.8, 4) is 0 Å². The van der Waals surface area contributed by atoms with E-state index in [4.69, 9.17) is 0 Å². The fourth-order valence-corrected chi connectivity index (χ4v) is 2.19. The van der Waals surface area contributed by atoms with E-state index in [9.17, 15) is 8.42 Å². The van der Waals surface area contributed by atoms with E-state index in [1.807, 2.05) is 12.3 Å². The molecule has 0 unspecified atom stereocenters. The third kappa shape index (κ3) is 3.54. The molecule has 1 rings (SSSR count). The molecular formula is C10H18N2O2S2. The van der Waals surface area contributed by atoms with Crippen LogP contribution in [0.1, 0.15) is 24.5 Å². The van der Waals surface area contributed by atoms with Crippen molar-refractivity contribution in [1.29, 1.82) is 0 Å². The summed E-state index contributed by atoms with van der Waals surface area (Å²) in [7, 11) is -3.03. The van der Waals surface area contributed by atoms with E-state index >= 15 is 0 Å². The Labute approximate surface area is 101 Å². The molecule has 0 spiro atoms. The van der Waals surface area contributed by atoms with E-state index in [1.165, 1.54) is 6.26 Å². The van der Waals surface area contributed by atoms with E-state index in [1.54, 1.807) is 25.2 Å². The van der Waals surface area contributed by atoms with Gasteiger partial charge in [-0.05, 0) is 20.8 Å². The van der Waals surface area contributed by atoms with Gasteiger partial charge in [-0.1, -0.05) is 0 Å². The summed E-state index contributed by atoms with van der Waals surface area (Å²) in [6.45, 7) is 6.45. The number of hydrogen-bond acceptors (Lipinski definition) is 5. The minimum Gasteiger partial charge on any atom is -0.309 e. The van der Waals surface area contributed by atoms with Gasteiger partial charge in [-0.2, -0.15) is 0 Å². The first-order chi connectivity index (χ1) is 7.22. The van der Waals surface area contributed by atoms with Crippen LogP contribution in [-0.2, 0) is 16.4 Å². The molecule has 1 aromatic rings. The molecule has 1 N–H and O–H groups in total. The summed E-state index contributed by atoms with van der Waals surface area (Å²) in [6, 6.07) is 0. The van der Waals surface area contributed by atoms with Crippen LogP contribution < -0.4 is 5.32 Å². The Bertz CT molecular complexity index is 449. The molecule has 0 aliphatic heterocycles. The molecule has 0 atom stereocenters. The molecule has 4 nitrogen and oxygen atoms in total. The highest BCUT2D eigenvalue weighted by Crippen LogP contribution is 2.14. The zero-order chi connectivity index (χ0) is 12.4. The quantitative estimate of drug-likeness (QED) is 0.870. The number of hydrogen-bond donors (Lipinski definition) is 1. The summed E-state index contributed by atoms with van der Waals surface area (Å²) in [5, 5.41) is 6.10. The summed E-state index contributed by atoms with van der Waals surface area (Å²) in [6.07, 6.45) is 1.27. The van der Waals surface area contributed by atoms with Crippen molar-refractivity contribution in [3.05, 3.63) is 16.1 Å². The number of nitrogens with zero attached hydrogens (tertiary/aromatic N) is 1. The zero-order valence-electron chi connectivity index (χ0n) is 10.1. The van der Waals surface area contributed by atoms with Crippen molar-refractivity contribution in [3.63, 3.8) is 0 Å². The highest BCUT2D eigenvalue weighted by atomic mass is 32.2. The van der Waals surface area contributed by atoms with Gasteiger partial charge in [0.2, 0.25) is 0 Å². The largest absolute Gasteiger partial charge is 0.309 e. The lowest BCUT2D eigenvalue weighted by Gasteiger charge is -2.22. The molecule has 0 aliphatic carbocycles. The van der Waals surface area contributed by atoms with Gasteiger partial charge in [0.1, 0.15) is 5.01 Å². The van der Waals surface area contributed by atoms with Gasteiger partial charge in [-0.3, -0.25) is 0 Å². The predicted molar refractivity (Wildman–Crippen MR) is 67.5 cm³/mol. The van der Waals surface area contributed by atoms with Crippen molar-refractivity contribution in [2.45, 2.75) is 32.1 Å². The first-order valence-electron chi connectivity index (χ1n) is 5.04. The van der Waals surface area contributed by atoms with Crippen LogP contribution in [0.15, 0.2) is 5.38 Å². The minimum absolute atomic E-state index is 0.435. The first kappa shape index (κ1) is 13.6. The number of sulfone groups is 1. The molecule has 0 radical (unpaired) electrons. The molecule has 1 aromatic heterocycles. The maximum absolute atomic E-state index is 11.4. The summed E-state index contributed by atoms with van der Waals surface area (Å²) < 4.78 is 22.2. The van der Waals surface area contributed by atoms with E-state index in [0.717, 1.165) is 10.7 Å². The molecule has 6 heteroatoms. The fourth-order valence-electron chi connectivity index (χ4n) is 1.09. The van der Waals surface area contributed by atoms with Crippen LogP contribution in [0.25, 0.3) is 0 Å². The predicted octanol–water partition coefficient (Wildman–Crippen LogP) is 1.36. The lowest BCUT2D eigenvalue weighted by molar-refractivity contribution is 0.521. The van der Waals surface area contributed by atoms with Crippen LogP contribution in [0.4, 0.5) is 0 Å². The normalized spacial score (nSPS) is 13.0. The smallest absolute Gasteiger partial charge is 0.153 e. The van der Waals surface area contributed by atoms with Gasteiger partial charge in [0.25, 0.3) is 0 Å². The van der Waals surface area contributed by atoms with Crippen molar-refractivity contribution in [2.75, 3.05) is 12.8 Å². The van der Waals surface area contributed by atoms with Crippen molar-refractivity contribution in [1.82, 2.24) is 10.3 Å². The van der Waals surface area contributed by atoms with E-state index in [2.05, 4.69) is 10.3 Å². The van der Waals surface area contributed by atoms with E-state index in [0.29, 0.717) is 13.1 Å². The molecule has 0 aromatic carbocycles. The van der Waals surface area contributed by atoms with Crippen molar-refractivity contribution < 1.29 is 8.42 Å². The maximum atomic E-state index is 11.4. The van der Waals surface area contributed by atoms with Crippen LogP contribution >= 0.6 is 11.3 Å². The highest BCUT2D eigenvalue weighted by molar-refractivity contribution is 7.92. The standard InChI is InChI=1S/C10H18N2O2S2/c1-8-6-15-9(12-8)5-11-7-10(2,3)16(4,13)14/h6,11H,5,7H2,1-4H3. The van der Waals surface area contributed by atoms with E-state index in [-0.39, 0.29) is 0 Å². The van der Waals surface area contributed by atoms with Crippen LogP contribution in [0.2, 0.25) is 0 Å². The SMILES string of the molecule is Cc1csc(CNCC(C)(C)S(C)(=O)=O)n1. The Balaban J connectivity index is 2.48. The lowest BCUT2D eigenvalue weighted by Crippen LogP contribution is -2.41. The number of aryl methyl sites for hydroxylation is 1. The van der Waals surface area contributed by atoms with Gasteiger partial charge in [0.05, 0.1) is 4.75 Å². The average molecular weight is 262 g/mol. The van der Waals surface area contributed by atoms with Crippen LogP contribution in [0, 0.1) is 6.92 Å². The van der Waals surface area contributed by atoms with Gasteiger partial charge >= 0.3 is 0 Å². The van der Waals surface area contributed by atoms with Gasteiger partial charge < -0.3 is 5.32 Å². The molecule has 0 bridgehead atoms. The third-order valence-electron chi connectivity index (χ3n) is 2.50. The Kier molecular flexibility index (Phi) is 4.09. The second-order valence-corrected chi connectivity index (χ2v) is 8.11. The number of nitrogens with one attached hydrogen (secondary N) is 1. The lowest BCUT2D eigenvalue weighted by atomic mass is 10.2. The molecular weight excluding hydrogens is 244 g/mol. The van der Waals surface area contributed by atoms with Gasteiger partial charge in [-0.25, -0.2) is 13.4 Å². The average Bonchev–Trinajstić information content (AvgIpc) is 2.49. The molecule has 92 valence electrons. The van der Waals surface area contributed by atoms with Crippen LogP contribution in [0.3, 0.4) is 0 Å². The Morgan fingerprint density at radius 3 is 2.56 bits per heavy atom. The molecule has 0 saturated carbocycles. The fraction of sp³-hybridized carbons (Fsp3) is 0.700. The number of aromatic nitrogens is 1. The Morgan fingerprint density at radius 2 is 2.12 bits per heavy atom. The zero-order valence-corrected chi connectivity index (χ0v) is 11.7. The van der Waals surface area contributed by atoms with Crippen LogP contribution in [0.5, 0.6) is 0 Å². The van der Waals surface area contributed by atoms with Gasteiger partial charge in [0, 0.05) is 30.4 Å². The third-order valence-corrected chi connectivity index (χ3v) is 5.62. The van der Waals surface area contributed by atoms with Crippen molar-refractivity contribution in [2.24, 2.45) is 0 Å². The molecule has 0 fully saturated rings. The second kappa shape index (κ2) is 4.81. The Morgan fingerprint density at radius 1 is 1.50 bits per heavy atom. The first-order valence-corrected chi connectivity index (χ1v) is 7.81. The molecule has 16 heavy (non-hydrogen) atoms. The summed E-state index contributed by atoms with van der Waals surface area (Å²) in [4.78, 5) is 4.30. The highest BCUT2D eigenvalue weighted by Gasteiger charge is 2.29. The summed E-state index contributed by atoms with van der Waals surface area (Å²) in [5.74, 6) is 0. The molecule has 0 saturated heterocycles. The van der Waals surface area contributed by atoms with E-state index < -0.39 is 14.6 Å². The minimum atomic E-state index is -3.03. The molecule has 0 amide bonds. The van der Waals surface area contributed by atoms with Crippen LogP contribution in [-0.4, -0.2) is 30.9 Å². The summed E-state index contributed by atoms with van der Waals surface area (Å²) >= 11 is 1.58.